The lowest BCUT2D eigenvalue weighted by molar-refractivity contribution is 0.100. The van der Waals surface area contributed by atoms with E-state index in [9.17, 15) is 9.90 Å². The summed E-state index contributed by atoms with van der Waals surface area (Å²) in [7, 11) is 0. The normalized spacial score (nSPS) is 11.1. The molecule has 6 nitrogen and oxygen atoms in total. The predicted molar refractivity (Wildman–Crippen MR) is 88.3 cm³/mol. The van der Waals surface area contributed by atoms with Gasteiger partial charge in [0, 0.05) is 6.92 Å². The van der Waals surface area contributed by atoms with E-state index in [1.54, 1.807) is 26.0 Å². The van der Waals surface area contributed by atoms with E-state index in [1.807, 2.05) is 6.92 Å². The van der Waals surface area contributed by atoms with E-state index in [0.717, 1.165) is 5.56 Å². The minimum Gasteiger partial charge on any atom is -0.508 e. The number of phenols is 1. The average Bonchev–Trinajstić information content (AvgIpc) is 2.85. The average molecular weight is 311 g/mol. The molecule has 1 aromatic heterocycles. The Labute approximate surface area is 132 Å². The molecule has 118 valence electrons. The van der Waals surface area contributed by atoms with Crippen molar-refractivity contribution in [3.8, 4) is 16.9 Å². The maximum Gasteiger partial charge on any atom is 0.250 e. The SMILES string of the molecule is Cc1nc2cc(C(N)=O)c(N)c(-c3c(C)ccc(O)c3C)c2o1. The van der Waals surface area contributed by atoms with Gasteiger partial charge in [0.25, 0.3) is 5.91 Å². The molecule has 0 radical (unpaired) electrons. The summed E-state index contributed by atoms with van der Waals surface area (Å²) in [5, 5.41) is 10.1. The fourth-order valence-electron chi connectivity index (χ4n) is 2.86. The number of phenolic OH excluding ortho intramolecular Hbond substituents is 1. The maximum atomic E-state index is 11.7. The van der Waals surface area contributed by atoms with Crippen molar-refractivity contribution in [3.05, 3.63) is 40.8 Å². The highest BCUT2D eigenvalue weighted by atomic mass is 16.3. The molecule has 0 spiro atoms. The number of aromatic hydroxyl groups is 1. The van der Waals surface area contributed by atoms with Crippen molar-refractivity contribution in [1.82, 2.24) is 4.98 Å². The molecule has 0 aliphatic heterocycles. The number of primary amides is 1. The molecule has 1 amide bonds. The Kier molecular flexibility index (Phi) is 3.25. The third-order valence-electron chi connectivity index (χ3n) is 3.99. The van der Waals surface area contributed by atoms with Crippen molar-refractivity contribution < 1.29 is 14.3 Å². The monoisotopic (exact) mass is 311 g/mol. The summed E-state index contributed by atoms with van der Waals surface area (Å²) in [6.07, 6.45) is 0. The third-order valence-corrected chi connectivity index (χ3v) is 3.99. The number of nitrogens with two attached hydrogens (primary N) is 2. The number of carbonyl (C=O) groups excluding carboxylic acids is 1. The highest BCUT2D eigenvalue weighted by Gasteiger charge is 2.23. The number of oxazole rings is 1. The molecule has 3 rings (SSSR count). The second-order valence-corrected chi connectivity index (χ2v) is 5.56. The highest BCUT2D eigenvalue weighted by Crippen LogP contribution is 2.42. The van der Waals surface area contributed by atoms with Crippen LogP contribution in [0.2, 0.25) is 0 Å². The van der Waals surface area contributed by atoms with E-state index in [1.165, 1.54) is 6.07 Å². The number of aromatic nitrogens is 1. The number of rotatable bonds is 2. The van der Waals surface area contributed by atoms with Crippen LogP contribution in [0.3, 0.4) is 0 Å². The Morgan fingerprint density at radius 1 is 1.22 bits per heavy atom. The van der Waals surface area contributed by atoms with Crippen LogP contribution in [-0.2, 0) is 0 Å². The molecule has 3 aromatic rings. The standard InChI is InChI=1S/C17H17N3O3/c1-7-4-5-12(21)8(2)13(7)14-15(18)10(17(19)22)6-11-16(14)23-9(3)20-11/h4-6,21H,18H2,1-3H3,(H2,19,22). The van der Waals surface area contributed by atoms with E-state index >= 15 is 0 Å². The number of hydrogen-bond donors (Lipinski definition) is 3. The molecule has 0 aliphatic rings. The number of fused-ring (bicyclic) bond motifs is 1. The van der Waals surface area contributed by atoms with E-state index < -0.39 is 5.91 Å². The summed E-state index contributed by atoms with van der Waals surface area (Å²) in [5.41, 5.74) is 15.8. The number of nitrogen functional groups attached to an aromatic ring is 1. The number of benzene rings is 2. The van der Waals surface area contributed by atoms with E-state index in [0.29, 0.717) is 33.7 Å². The summed E-state index contributed by atoms with van der Waals surface area (Å²) in [4.78, 5) is 16.0. The molecule has 5 N–H and O–H groups in total. The molecule has 0 aliphatic carbocycles. The van der Waals surface area contributed by atoms with Gasteiger partial charge in [0.2, 0.25) is 0 Å². The lowest BCUT2D eigenvalue weighted by atomic mass is 9.91. The first-order valence-electron chi connectivity index (χ1n) is 7.10. The van der Waals surface area contributed by atoms with Crippen molar-refractivity contribution in [2.45, 2.75) is 20.8 Å². The first-order chi connectivity index (χ1) is 10.8. The maximum absolute atomic E-state index is 11.7. The number of carbonyl (C=O) groups is 1. The highest BCUT2D eigenvalue weighted by molar-refractivity contribution is 6.10. The van der Waals surface area contributed by atoms with Gasteiger partial charge in [-0.05, 0) is 42.7 Å². The summed E-state index contributed by atoms with van der Waals surface area (Å²) >= 11 is 0. The van der Waals surface area contributed by atoms with Gasteiger partial charge in [0.15, 0.2) is 11.5 Å². The van der Waals surface area contributed by atoms with Crippen LogP contribution in [0.25, 0.3) is 22.2 Å². The zero-order valence-corrected chi connectivity index (χ0v) is 13.1. The van der Waals surface area contributed by atoms with Crippen LogP contribution >= 0.6 is 0 Å². The molecule has 2 aromatic carbocycles. The summed E-state index contributed by atoms with van der Waals surface area (Å²) in [6, 6.07) is 4.93. The Hall–Kier alpha value is -3.02. The van der Waals surface area contributed by atoms with Crippen LogP contribution in [-0.4, -0.2) is 16.0 Å². The molecule has 0 saturated heterocycles. The number of hydrogen-bond acceptors (Lipinski definition) is 5. The van der Waals surface area contributed by atoms with Crippen LogP contribution in [0, 0.1) is 20.8 Å². The first kappa shape index (κ1) is 14.9. The Morgan fingerprint density at radius 3 is 2.57 bits per heavy atom. The largest absolute Gasteiger partial charge is 0.508 e. The summed E-state index contributed by atoms with van der Waals surface area (Å²) in [5.74, 6) is -0.0432. The molecule has 0 fully saturated rings. The van der Waals surface area contributed by atoms with Crippen molar-refractivity contribution >= 4 is 22.7 Å². The van der Waals surface area contributed by atoms with Gasteiger partial charge in [0.1, 0.15) is 11.3 Å². The second kappa shape index (κ2) is 5.01. The van der Waals surface area contributed by atoms with Crippen molar-refractivity contribution in [2.24, 2.45) is 5.73 Å². The van der Waals surface area contributed by atoms with Crippen molar-refractivity contribution in [2.75, 3.05) is 5.73 Å². The minimum atomic E-state index is -0.637. The molecule has 0 unspecified atom stereocenters. The number of anilines is 1. The second-order valence-electron chi connectivity index (χ2n) is 5.56. The van der Waals surface area contributed by atoms with Crippen LogP contribution in [0.1, 0.15) is 27.4 Å². The molecule has 0 saturated carbocycles. The first-order valence-corrected chi connectivity index (χ1v) is 7.10. The van der Waals surface area contributed by atoms with Crippen molar-refractivity contribution in [1.29, 1.82) is 0 Å². The minimum absolute atomic E-state index is 0.138. The zero-order valence-electron chi connectivity index (χ0n) is 13.1. The van der Waals surface area contributed by atoms with Crippen LogP contribution in [0.5, 0.6) is 5.75 Å². The molecule has 0 atom stereocenters. The Bertz CT molecular complexity index is 958. The number of amides is 1. The molecule has 0 bridgehead atoms. The van der Waals surface area contributed by atoms with Crippen LogP contribution in [0.4, 0.5) is 5.69 Å². The lowest BCUT2D eigenvalue weighted by Crippen LogP contribution is -2.14. The fourth-order valence-corrected chi connectivity index (χ4v) is 2.86. The summed E-state index contributed by atoms with van der Waals surface area (Å²) in [6.45, 7) is 5.39. The quantitative estimate of drug-likeness (QED) is 0.629. The molecule has 1 heterocycles. The smallest absolute Gasteiger partial charge is 0.250 e. The van der Waals surface area contributed by atoms with E-state index in [2.05, 4.69) is 4.98 Å². The van der Waals surface area contributed by atoms with Crippen molar-refractivity contribution in [3.63, 3.8) is 0 Å². The van der Waals surface area contributed by atoms with E-state index in [4.69, 9.17) is 15.9 Å². The third kappa shape index (κ3) is 2.19. The molecule has 23 heavy (non-hydrogen) atoms. The van der Waals surface area contributed by atoms with Gasteiger partial charge < -0.3 is 21.0 Å². The topological polar surface area (TPSA) is 115 Å². The van der Waals surface area contributed by atoms with Gasteiger partial charge in [-0.25, -0.2) is 4.98 Å². The molecular formula is C17H17N3O3. The van der Waals surface area contributed by atoms with Crippen LogP contribution < -0.4 is 11.5 Å². The van der Waals surface area contributed by atoms with E-state index in [-0.39, 0.29) is 17.0 Å². The Morgan fingerprint density at radius 2 is 1.91 bits per heavy atom. The van der Waals surface area contributed by atoms with Gasteiger partial charge in [0.05, 0.1) is 16.8 Å². The van der Waals surface area contributed by atoms with Gasteiger partial charge >= 0.3 is 0 Å². The van der Waals surface area contributed by atoms with Gasteiger partial charge in [-0.2, -0.15) is 0 Å². The number of nitrogens with zero attached hydrogens (tertiary/aromatic N) is 1. The van der Waals surface area contributed by atoms with Gasteiger partial charge in [-0.15, -0.1) is 0 Å². The zero-order chi connectivity index (χ0) is 16.9. The fraction of sp³-hybridized carbons (Fsp3) is 0.176. The lowest BCUT2D eigenvalue weighted by Gasteiger charge is -2.15. The van der Waals surface area contributed by atoms with Crippen LogP contribution in [0.15, 0.2) is 22.6 Å². The number of aryl methyl sites for hydroxylation is 2. The molecule has 6 heteroatoms. The summed E-state index contributed by atoms with van der Waals surface area (Å²) < 4.78 is 5.69. The van der Waals surface area contributed by atoms with Gasteiger partial charge in [-0.1, -0.05) is 6.07 Å². The molecular weight excluding hydrogens is 294 g/mol. The predicted octanol–water partition coefficient (Wildman–Crippen LogP) is 2.81. The van der Waals surface area contributed by atoms with Gasteiger partial charge in [-0.3, -0.25) is 4.79 Å². The Balaban J connectivity index is 2.53.